The van der Waals surface area contributed by atoms with Crippen molar-refractivity contribution in [3.8, 4) is 0 Å². The van der Waals surface area contributed by atoms with Crippen molar-refractivity contribution in [2.24, 2.45) is 7.05 Å². The molecule has 1 amide bonds. The quantitative estimate of drug-likeness (QED) is 0.874. The second kappa shape index (κ2) is 6.71. The number of nitrogens with one attached hydrogen (secondary N) is 1. The number of anilines is 1. The van der Waals surface area contributed by atoms with Gasteiger partial charge in [0, 0.05) is 13.2 Å². The van der Waals surface area contributed by atoms with Crippen LogP contribution in [0.15, 0.2) is 47.4 Å². The minimum atomic E-state index is -0.571. The van der Waals surface area contributed by atoms with Gasteiger partial charge in [-0.3, -0.25) is 9.59 Å². The Labute approximate surface area is 127 Å². The van der Waals surface area contributed by atoms with Crippen LogP contribution in [0.2, 0.25) is 0 Å². The molecule has 0 spiro atoms. The van der Waals surface area contributed by atoms with E-state index >= 15 is 0 Å². The fourth-order valence-electron chi connectivity index (χ4n) is 1.94. The fraction of sp³-hybridized carbons (Fsp3) is 0.188. The molecule has 0 aliphatic carbocycles. The van der Waals surface area contributed by atoms with E-state index in [4.69, 9.17) is 4.74 Å². The Hall–Kier alpha value is -2.89. The Morgan fingerprint density at radius 2 is 1.82 bits per heavy atom. The van der Waals surface area contributed by atoms with Crippen LogP contribution < -0.4 is 10.9 Å². The second-order valence-corrected chi connectivity index (χ2v) is 4.56. The van der Waals surface area contributed by atoms with Gasteiger partial charge in [-0.1, -0.05) is 12.1 Å². The molecule has 1 aromatic carbocycles. The van der Waals surface area contributed by atoms with Crippen molar-refractivity contribution < 1.29 is 14.3 Å². The standard InChI is InChI=1S/C16H16N2O4/c1-3-22-16(21)11-7-4-5-9-13(11)17-14(19)12-8-6-10-18(2)15(12)20/h4-10H,3H2,1-2H3,(H,17,19). The average Bonchev–Trinajstić information content (AvgIpc) is 2.50. The van der Waals surface area contributed by atoms with E-state index in [9.17, 15) is 14.4 Å². The van der Waals surface area contributed by atoms with Crippen LogP contribution in [-0.4, -0.2) is 23.1 Å². The average molecular weight is 300 g/mol. The number of benzene rings is 1. The summed E-state index contributed by atoms with van der Waals surface area (Å²) in [5.41, 5.74) is 0.139. The zero-order valence-electron chi connectivity index (χ0n) is 12.3. The van der Waals surface area contributed by atoms with Crippen molar-refractivity contribution >= 4 is 17.6 Å². The minimum Gasteiger partial charge on any atom is -0.462 e. The van der Waals surface area contributed by atoms with Crippen molar-refractivity contribution in [3.63, 3.8) is 0 Å². The van der Waals surface area contributed by atoms with Gasteiger partial charge in [0.1, 0.15) is 5.56 Å². The molecule has 114 valence electrons. The van der Waals surface area contributed by atoms with Crippen LogP contribution in [0.3, 0.4) is 0 Å². The number of aromatic nitrogens is 1. The molecule has 0 unspecified atom stereocenters. The summed E-state index contributed by atoms with van der Waals surface area (Å²) >= 11 is 0. The predicted octanol–water partition coefficient (Wildman–Crippen LogP) is 1.81. The summed E-state index contributed by atoms with van der Waals surface area (Å²) in [6.07, 6.45) is 1.56. The molecule has 0 radical (unpaired) electrons. The van der Waals surface area contributed by atoms with Crippen LogP contribution in [0.25, 0.3) is 0 Å². The first kappa shape index (κ1) is 15.5. The van der Waals surface area contributed by atoms with Crippen molar-refractivity contribution in [2.75, 3.05) is 11.9 Å². The maximum Gasteiger partial charge on any atom is 0.340 e. The van der Waals surface area contributed by atoms with Crippen molar-refractivity contribution in [2.45, 2.75) is 6.92 Å². The Kier molecular flexibility index (Phi) is 4.73. The maximum atomic E-state index is 12.2. The van der Waals surface area contributed by atoms with E-state index in [0.29, 0.717) is 5.69 Å². The van der Waals surface area contributed by atoms with Gasteiger partial charge in [-0.2, -0.15) is 0 Å². The van der Waals surface area contributed by atoms with Gasteiger partial charge in [0.2, 0.25) is 0 Å². The topological polar surface area (TPSA) is 77.4 Å². The molecule has 0 saturated heterocycles. The van der Waals surface area contributed by atoms with E-state index in [1.54, 1.807) is 50.5 Å². The summed E-state index contributed by atoms with van der Waals surface area (Å²) in [6, 6.07) is 9.53. The molecule has 2 rings (SSSR count). The number of hydrogen-bond donors (Lipinski definition) is 1. The predicted molar refractivity (Wildman–Crippen MR) is 82.0 cm³/mol. The van der Waals surface area contributed by atoms with Crippen LogP contribution in [0.5, 0.6) is 0 Å². The highest BCUT2D eigenvalue weighted by atomic mass is 16.5. The molecule has 2 aromatic rings. The first-order chi connectivity index (χ1) is 10.5. The van der Waals surface area contributed by atoms with E-state index in [0.717, 1.165) is 0 Å². The van der Waals surface area contributed by atoms with E-state index in [-0.39, 0.29) is 17.7 Å². The molecular formula is C16H16N2O4. The zero-order valence-corrected chi connectivity index (χ0v) is 12.3. The molecule has 0 bridgehead atoms. The number of amides is 1. The largest absolute Gasteiger partial charge is 0.462 e. The lowest BCUT2D eigenvalue weighted by atomic mass is 10.1. The molecule has 0 saturated carbocycles. The number of pyridine rings is 1. The molecule has 0 aliphatic heterocycles. The van der Waals surface area contributed by atoms with Crippen molar-refractivity contribution in [3.05, 3.63) is 64.1 Å². The lowest BCUT2D eigenvalue weighted by Crippen LogP contribution is -2.27. The summed E-state index contributed by atoms with van der Waals surface area (Å²) < 4.78 is 6.25. The highest BCUT2D eigenvalue weighted by Gasteiger charge is 2.16. The number of hydrogen-bond acceptors (Lipinski definition) is 4. The third kappa shape index (κ3) is 3.22. The van der Waals surface area contributed by atoms with Gasteiger partial charge < -0.3 is 14.6 Å². The number of ether oxygens (including phenoxy) is 1. The SMILES string of the molecule is CCOC(=O)c1ccccc1NC(=O)c1cccn(C)c1=O. The van der Waals surface area contributed by atoms with E-state index in [1.165, 1.54) is 10.6 Å². The van der Waals surface area contributed by atoms with Gasteiger partial charge in [-0.25, -0.2) is 4.79 Å². The Bertz CT molecular complexity index is 765. The number of nitrogens with zero attached hydrogens (tertiary/aromatic N) is 1. The Balaban J connectivity index is 2.31. The normalized spacial score (nSPS) is 10.1. The molecular weight excluding hydrogens is 284 g/mol. The first-order valence-electron chi connectivity index (χ1n) is 6.77. The lowest BCUT2D eigenvalue weighted by Gasteiger charge is -2.10. The van der Waals surface area contributed by atoms with Crippen LogP contribution in [0, 0.1) is 0 Å². The molecule has 6 nitrogen and oxygen atoms in total. The highest BCUT2D eigenvalue weighted by molar-refractivity contribution is 6.07. The third-order valence-corrected chi connectivity index (χ3v) is 3.04. The fourth-order valence-corrected chi connectivity index (χ4v) is 1.94. The van der Waals surface area contributed by atoms with E-state index < -0.39 is 17.4 Å². The third-order valence-electron chi connectivity index (χ3n) is 3.04. The van der Waals surface area contributed by atoms with Gasteiger partial charge in [0.25, 0.3) is 11.5 Å². The molecule has 1 aromatic heterocycles. The van der Waals surface area contributed by atoms with E-state index in [1.807, 2.05) is 0 Å². The van der Waals surface area contributed by atoms with Crippen LogP contribution >= 0.6 is 0 Å². The molecule has 0 fully saturated rings. The number of aryl methyl sites for hydroxylation is 1. The van der Waals surface area contributed by atoms with Gasteiger partial charge in [0.15, 0.2) is 0 Å². The Morgan fingerprint density at radius 1 is 1.14 bits per heavy atom. The highest BCUT2D eigenvalue weighted by Crippen LogP contribution is 2.16. The monoisotopic (exact) mass is 300 g/mol. The number of rotatable bonds is 4. The molecule has 1 N–H and O–H groups in total. The number of esters is 1. The summed E-state index contributed by atoms with van der Waals surface area (Å²) in [7, 11) is 1.56. The van der Waals surface area contributed by atoms with Gasteiger partial charge in [-0.15, -0.1) is 0 Å². The zero-order chi connectivity index (χ0) is 16.1. The van der Waals surface area contributed by atoms with Crippen molar-refractivity contribution in [1.29, 1.82) is 0 Å². The van der Waals surface area contributed by atoms with Gasteiger partial charge in [-0.05, 0) is 31.2 Å². The summed E-state index contributed by atoms with van der Waals surface area (Å²) in [5.74, 6) is -1.10. The summed E-state index contributed by atoms with van der Waals surface area (Å²) in [5, 5.41) is 2.58. The van der Waals surface area contributed by atoms with Crippen LogP contribution in [0.4, 0.5) is 5.69 Å². The second-order valence-electron chi connectivity index (χ2n) is 4.56. The molecule has 22 heavy (non-hydrogen) atoms. The van der Waals surface area contributed by atoms with Crippen LogP contribution in [-0.2, 0) is 11.8 Å². The van der Waals surface area contributed by atoms with Crippen molar-refractivity contribution in [1.82, 2.24) is 4.57 Å². The lowest BCUT2D eigenvalue weighted by molar-refractivity contribution is 0.0527. The summed E-state index contributed by atoms with van der Waals surface area (Å²) in [4.78, 5) is 36.0. The van der Waals surface area contributed by atoms with Crippen LogP contribution in [0.1, 0.15) is 27.6 Å². The van der Waals surface area contributed by atoms with E-state index in [2.05, 4.69) is 5.32 Å². The minimum absolute atomic E-state index is 0.00339. The number of carbonyl (C=O) groups excluding carboxylic acids is 2. The molecule has 0 aliphatic rings. The first-order valence-corrected chi connectivity index (χ1v) is 6.77. The number of carbonyl (C=O) groups is 2. The number of para-hydroxylation sites is 1. The maximum absolute atomic E-state index is 12.2. The molecule has 1 heterocycles. The Morgan fingerprint density at radius 3 is 2.55 bits per heavy atom. The summed E-state index contributed by atoms with van der Waals surface area (Å²) in [6.45, 7) is 1.94. The molecule has 0 atom stereocenters. The van der Waals surface area contributed by atoms with Gasteiger partial charge in [0.05, 0.1) is 17.9 Å². The molecule has 6 heteroatoms. The van der Waals surface area contributed by atoms with Gasteiger partial charge >= 0.3 is 5.97 Å². The smallest absolute Gasteiger partial charge is 0.340 e.